The highest BCUT2D eigenvalue weighted by atomic mass is 32.2. The Kier molecular flexibility index (Phi) is 4.94. The number of rotatable bonds is 4. The fraction of sp³-hybridized carbons (Fsp3) is 0.412. The molecule has 0 amide bonds. The highest BCUT2D eigenvalue weighted by Gasteiger charge is 2.23. The van der Waals surface area contributed by atoms with Gasteiger partial charge in [0, 0.05) is 13.1 Å². The molecule has 1 N–H and O–H groups in total. The molecule has 1 aromatic heterocycles. The maximum Gasteiger partial charge on any atom is 0.356 e. The van der Waals surface area contributed by atoms with E-state index < -0.39 is 16.0 Å². The van der Waals surface area contributed by atoms with Crippen LogP contribution in [0.4, 0.5) is 5.82 Å². The molecule has 0 saturated carbocycles. The second-order valence-corrected chi connectivity index (χ2v) is 8.52. The van der Waals surface area contributed by atoms with E-state index in [-0.39, 0.29) is 21.8 Å². The van der Waals surface area contributed by atoms with Gasteiger partial charge in [0.2, 0.25) is 0 Å². The summed E-state index contributed by atoms with van der Waals surface area (Å²) in [6.45, 7) is 7.79. The molecule has 1 heterocycles. The van der Waals surface area contributed by atoms with E-state index in [0.29, 0.717) is 5.56 Å². The van der Waals surface area contributed by atoms with Gasteiger partial charge < -0.3 is 4.74 Å². The molecule has 0 aliphatic carbocycles. The van der Waals surface area contributed by atoms with E-state index in [1.54, 1.807) is 19.1 Å². The predicted molar refractivity (Wildman–Crippen MR) is 95.2 cm³/mol. The molecular weight excluding hydrogens is 342 g/mol. The van der Waals surface area contributed by atoms with Crippen molar-refractivity contribution in [3.8, 4) is 0 Å². The Hall–Kier alpha value is -2.35. The Morgan fingerprint density at radius 3 is 2.44 bits per heavy atom. The Morgan fingerprint density at radius 1 is 1.24 bits per heavy atom. The van der Waals surface area contributed by atoms with E-state index in [2.05, 4.69) is 14.6 Å². The minimum Gasteiger partial charge on any atom is -0.464 e. The molecule has 0 aliphatic rings. The number of carbonyl (C=O) groups is 1. The lowest BCUT2D eigenvalue weighted by atomic mass is 9.87. The van der Waals surface area contributed by atoms with Gasteiger partial charge >= 0.3 is 5.97 Å². The summed E-state index contributed by atoms with van der Waals surface area (Å²) in [4.78, 5) is 11.8. The number of esters is 1. The summed E-state index contributed by atoms with van der Waals surface area (Å²) in [5, 5.41) is 4.02. The van der Waals surface area contributed by atoms with Crippen molar-refractivity contribution in [1.82, 2.24) is 9.78 Å². The zero-order valence-electron chi connectivity index (χ0n) is 15.2. The fourth-order valence-corrected chi connectivity index (χ4v) is 3.62. The molecule has 0 atom stereocenters. The van der Waals surface area contributed by atoms with Gasteiger partial charge in [-0.05, 0) is 29.5 Å². The number of anilines is 1. The molecule has 25 heavy (non-hydrogen) atoms. The average Bonchev–Trinajstić information content (AvgIpc) is 2.85. The summed E-state index contributed by atoms with van der Waals surface area (Å²) in [5.41, 5.74) is 1.51. The number of sulfonamides is 1. The fourth-order valence-electron chi connectivity index (χ4n) is 2.36. The molecule has 0 spiro atoms. The molecule has 0 bridgehead atoms. The van der Waals surface area contributed by atoms with Gasteiger partial charge in [-0.2, -0.15) is 5.10 Å². The molecule has 2 aromatic rings. The van der Waals surface area contributed by atoms with Gasteiger partial charge in [0.05, 0.1) is 12.0 Å². The van der Waals surface area contributed by atoms with Crippen LogP contribution in [-0.2, 0) is 27.2 Å². The molecule has 0 saturated heterocycles. The third kappa shape index (κ3) is 4.01. The van der Waals surface area contributed by atoms with Crippen molar-refractivity contribution in [2.24, 2.45) is 7.05 Å². The second kappa shape index (κ2) is 6.51. The van der Waals surface area contributed by atoms with Crippen molar-refractivity contribution in [2.75, 3.05) is 11.8 Å². The maximum atomic E-state index is 12.8. The molecule has 0 radical (unpaired) electrons. The van der Waals surface area contributed by atoms with Gasteiger partial charge in [0.1, 0.15) is 5.69 Å². The number of aryl methyl sites for hydroxylation is 2. The molecule has 0 fully saturated rings. The number of methoxy groups -OCH3 is 1. The molecule has 7 nitrogen and oxygen atoms in total. The number of nitrogens with zero attached hydrogens (tertiary/aromatic N) is 2. The van der Waals surface area contributed by atoms with E-state index >= 15 is 0 Å². The van der Waals surface area contributed by atoms with Crippen LogP contribution in [0.2, 0.25) is 0 Å². The van der Waals surface area contributed by atoms with Crippen LogP contribution in [0, 0.1) is 6.92 Å². The highest BCUT2D eigenvalue weighted by molar-refractivity contribution is 7.92. The van der Waals surface area contributed by atoms with Crippen LogP contribution in [0.25, 0.3) is 0 Å². The number of ether oxygens (including phenoxy) is 1. The molecule has 136 valence electrons. The van der Waals surface area contributed by atoms with Crippen molar-refractivity contribution in [3.05, 3.63) is 41.1 Å². The lowest BCUT2D eigenvalue weighted by Gasteiger charge is -2.20. The SMILES string of the molecule is COC(=O)c1cc(NS(=O)(=O)c2cc(C(C)(C)C)ccc2C)nn1C. The van der Waals surface area contributed by atoms with Crippen molar-refractivity contribution < 1.29 is 17.9 Å². The third-order valence-electron chi connectivity index (χ3n) is 3.86. The zero-order chi connectivity index (χ0) is 19.0. The first kappa shape index (κ1) is 19.0. The number of hydrogen-bond donors (Lipinski definition) is 1. The summed E-state index contributed by atoms with van der Waals surface area (Å²) in [6.07, 6.45) is 0. The average molecular weight is 365 g/mol. The summed E-state index contributed by atoms with van der Waals surface area (Å²) in [5.74, 6) is -0.533. The quantitative estimate of drug-likeness (QED) is 0.841. The number of aromatic nitrogens is 2. The molecular formula is C17H23N3O4S. The summed E-state index contributed by atoms with van der Waals surface area (Å²) >= 11 is 0. The van der Waals surface area contributed by atoms with Crippen LogP contribution < -0.4 is 4.72 Å². The lowest BCUT2D eigenvalue weighted by Crippen LogP contribution is -2.17. The Morgan fingerprint density at radius 2 is 1.88 bits per heavy atom. The van der Waals surface area contributed by atoms with E-state index in [1.165, 1.54) is 24.9 Å². The molecule has 2 rings (SSSR count). The van der Waals surface area contributed by atoms with Gasteiger partial charge in [-0.25, -0.2) is 13.2 Å². The van der Waals surface area contributed by atoms with E-state index in [1.807, 2.05) is 26.8 Å². The number of hydrogen-bond acceptors (Lipinski definition) is 5. The third-order valence-corrected chi connectivity index (χ3v) is 5.35. The second-order valence-electron chi connectivity index (χ2n) is 6.87. The number of benzene rings is 1. The maximum absolute atomic E-state index is 12.8. The smallest absolute Gasteiger partial charge is 0.356 e. The van der Waals surface area contributed by atoms with Gasteiger partial charge in [-0.3, -0.25) is 9.40 Å². The van der Waals surface area contributed by atoms with Crippen LogP contribution in [0.1, 0.15) is 42.4 Å². The van der Waals surface area contributed by atoms with E-state index in [4.69, 9.17) is 0 Å². The summed E-state index contributed by atoms with van der Waals surface area (Å²) in [7, 11) is -1.05. The summed E-state index contributed by atoms with van der Waals surface area (Å²) in [6, 6.07) is 6.71. The Bertz CT molecular complexity index is 908. The lowest BCUT2D eigenvalue weighted by molar-refractivity contribution is 0.0588. The van der Waals surface area contributed by atoms with Crippen LogP contribution in [0.5, 0.6) is 0 Å². The predicted octanol–water partition coefficient (Wildman–Crippen LogP) is 2.61. The van der Waals surface area contributed by atoms with E-state index in [9.17, 15) is 13.2 Å². The Balaban J connectivity index is 2.42. The topological polar surface area (TPSA) is 90.3 Å². The van der Waals surface area contributed by atoms with Crippen LogP contribution in [0.3, 0.4) is 0 Å². The minimum atomic E-state index is -3.84. The molecule has 0 aliphatic heterocycles. The number of carbonyl (C=O) groups excluding carboxylic acids is 1. The van der Waals surface area contributed by atoms with Crippen molar-refractivity contribution >= 4 is 21.8 Å². The van der Waals surface area contributed by atoms with Gasteiger partial charge in [0.15, 0.2) is 5.82 Å². The number of nitrogens with one attached hydrogen (secondary N) is 1. The first-order chi connectivity index (χ1) is 11.5. The minimum absolute atomic E-state index is 0.0588. The van der Waals surface area contributed by atoms with Crippen LogP contribution in [0.15, 0.2) is 29.2 Å². The van der Waals surface area contributed by atoms with E-state index in [0.717, 1.165) is 5.56 Å². The standard InChI is InChI=1S/C17H23N3O4S/c1-11-7-8-12(17(2,3)4)9-14(11)25(22,23)19-15-10-13(16(21)24-6)20(5)18-15/h7-10H,1-6H3,(H,18,19). The highest BCUT2D eigenvalue weighted by Crippen LogP contribution is 2.27. The first-order valence-corrected chi connectivity index (χ1v) is 9.20. The van der Waals surface area contributed by atoms with Gasteiger partial charge in [-0.15, -0.1) is 0 Å². The van der Waals surface area contributed by atoms with Crippen LogP contribution >= 0.6 is 0 Å². The van der Waals surface area contributed by atoms with Crippen molar-refractivity contribution in [2.45, 2.75) is 38.0 Å². The Labute approximate surface area is 148 Å². The monoisotopic (exact) mass is 365 g/mol. The molecule has 0 unspecified atom stereocenters. The van der Waals surface area contributed by atoms with Crippen molar-refractivity contribution in [1.29, 1.82) is 0 Å². The normalized spacial score (nSPS) is 12.1. The van der Waals surface area contributed by atoms with Crippen molar-refractivity contribution in [3.63, 3.8) is 0 Å². The van der Waals surface area contributed by atoms with Gasteiger partial charge in [0.25, 0.3) is 10.0 Å². The zero-order valence-corrected chi connectivity index (χ0v) is 16.1. The van der Waals surface area contributed by atoms with Crippen LogP contribution in [-0.4, -0.2) is 31.3 Å². The summed E-state index contributed by atoms with van der Waals surface area (Å²) < 4.78 is 33.9. The van der Waals surface area contributed by atoms with Gasteiger partial charge in [-0.1, -0.05) is 32.9 Å². The molecule has 8 heteroatoms. The largest absolute Gasteiger partial charge is 0.464 e. The first-order valence-electron chi connectivity index (χ1n) is 7.72. The molecule has 1 aromatic carbocycles.